The van der Waals surface area contributed by atoms with Crippen LogP contribution in [0.25, 0.3) is 0 Å². The van der Waals surface area contributed by atoms with Gasteiger partial charge in [-0.2, -0.15) is 0 Å². The highest BCUT2D eigenvalue weighted by atomic mass is 16.4. The second-order valence-corrected chi connectivity index (χ2v) is 4.45. The van der Waals surface area contributed by atoms with Gasteiger partial charge in [-0.3, -0.25) is 4.90 Å². The Kier molecular flexibility index (Phi) is 3.46. The number of rotatable bonds is 2. The first-order valence-corrected chi connectivity index (χ1v) is 5.74. The topological polar surface area (TPSA) is 61.5 Å². The number of nitrogens with zero attached hydrogens (tertiary/aromatic N) is 2. The molecule has 5 heteroatoms. The van der Waals surface area contributed by atoms with Crippen LogP contribution >= 0.6 is 0 Å². The maximum Gasteiger partial charge on any atom is 0.299 e. The van der Waals surface area contributed by atoms with Crippen LogP contribution in [-0.2, 0) is 0 Å². The van der Waals surface area contributed by atoms with E-state index >= 15 is 0 Å². The number of anilines is 1. The van der Waals surface area contributed by atoms with Crippen molar-refractivity contribution in [2.45, 2.75) is 32.0 Å². The van der Waals surface area contributed by atoms with Crippen molar-refractivity contribution in [2.24, 2.45) is 5.92 Å². The Labute approximate surface area is 95.5 Å². The zero-order valence-electron chi connectivity index (χ0n) is 9.76. The fraction of sp³-hybridized carbons (Fsp3) is 0.727. The van der Waals surface area contributed by atoms with Crippen LogP contribution in [0.15, 0.2) is 16.9 Å². The number of aromatic nitrogens is 1. The Morgan fingerprint density at radius 1 is 1.62 bits per heavy atom. The quantitative estimate of drug-likeness (QED) is 0.780. The van der Waals surface area contributed by atoms with Crippen molar-refractivity contribution >= 4 is 6.01 Å². The molecule has 2 rings (SSSR count). The minimum atomic E-state index is -0.575. The molecule has 0 amide bonds. The summed E-state index contributed by atoms with van der Waals surface area (Å²) in [5.74, 6) is 0.590. The standard InChI is InChI=1S/C11H19N3O2/c1-8-3-5-14(11-13-4-6-16-11)10(15)9(7-8)12-2/h4,6,8-10,12,15H,3,5,7H2,1-2H3. The molecule has 0 spiro atoms. The zero-order chi connectivity index (χ0) is 11.5. The molecule has 2 N–H and O–H groups in total. The number of hydrogen-bond donors (Lipinski definition) is 2. The number of aliphatic hydroxyl groups excluding tert-OH is 1. The van der Waals surface area contributed by atoms with E-state index in [1.54, 1.807) is 6.20 Å². The van der Waals surface area contributed by atoms with Crippen LogP contribution in [-0.4, -0.2) is 36.0 Å². The van der Waals surface area contributed by atoms with Crippen molar-refractivity contribution in [2.75, 3.05) is 18.5 Å². The Balaban J connectivity index is 2.17. The van der Waals surface area contributed by atoms with Gasteiger partial charge in [0, 0.05) is 6.54 Å². The molecule has 0 aliphatic carbocycles. The van der Waals surface area contributed by atoms with Crippen LogP contribution in [0.1, 0.15) is 19.8 Å². The van der Waals surface area contributed by atoms with Gasteiger partial charge in [0.2, 0.25) is 0 Å². The number of likely N-dealkylation sites (N-methyl/N-ethyl adjacent to an activating group) is 1. The molecular weight excluding hydrogens is 206 g/mol. The highest BCUT2D eigenvalue weighted by Crippen LogP contribution is 2.24. The van der Waals surface area contributed by atoms with Crippen LogP contribution < -0.4 is 10.2 Å². The molecule has 1 saturated heterocycles. The smallest absolute Gasteiger partial charge is 0.299 e. The summed E-state index contributed by atoms with van der Waals surface area (Å²) in [5.41, 5.74) is 0. The van der Waals surface area contributed by atoms with Gasteiger partial charge in [-0.25, -0.2) is 4.98 Å². The van der Waals surface area contributed by atoms with Crippen LogP contribution in [0.4, 0.5) is 6.01 Å². The van der Waals surface area contributed by atoms with E-state index in [0.717, 1.165) is 19.4 Å². The third-order valence-corrected chi connectivity index (χ3v) is 3.23. The molecule has 1 aliphatic rings. The first kappa shape index (κ1) is 11.4. The van der Waals surface area contributed by atoms with Gasteiger partial charge >= 0.3 is 0 Å². The largest absolute Gasteiger partial charge is 0.432 e. The molecule has 1 aromatic rings. The molecule has 3 atom stereocenters. The molecule has 1 aromatic heterocycles. The summed E-state index contributed by atoms with van der Waals surface area (Å²) in [6.07, 6.45) is 4.57. The highest BCUT2D eigenvalue weighted by Gasteiger charge is 2.31. The van der Waals surface area contributed by atoms with Gasteiger partial charge < -0.3 is 14.8 Å². The van der Waals surface area contributed by atoms with Crippen molar-refractivity contribution < 1.29 is 9.52 Å². The van der Waals surface area contributed by atoms with E-state index in [1.165, 1.54) is 6.26 Å². The summed E-state index contributed by atoms with van der Waals surface area (Å²) in [6, 6.07) is 0.561. The van der Waals surface area contributed by atoms with E-state index in [-0.39, 0.29) is 6.04 Å². The molecule has 0 saturated carbocycles. The lowest BCUT2D eigenvalue weighted by Crippen LogP contribution is -2.48. The second kappa shape index (κ2) is 4.84. The molecule has 0 radical (unpaired) electrons. The molecule has 0 aromatic carbocycles. The van der Waals surface area contributed by atoms with E-state index in [0.29, 0.717) is 11.9 Å². The fourth-order valence-electron chi connectivity index (χ4n) is 2.22. The Morgan fingerprint density at radius 2 is 2.44 bits per heavy atom. The van der Waals surface area contributed by atoms with Gasteiger partial charge in [-0.05, 0) is 25.8 Å². The monoisotopic (exact) mass is 225 g/mol. The summed E-state index contributed by atoms with van der Waals surface area (Å²) < 4.78 is 5.25. The van der Waals surface area contributed by atoms with Crippen LogP contribution in [0, 0.1) is 5.92 Å². The second-order valence-electron chi connectivity index (χ2n) is 4.45. The molecule has 3 unspecified atom stereocenters. The average molecular weight is 225 g/mol. The van der Waals surface area contributed by atoms with Crippen molar-refractivity contribution in [3.8, 4) is 0 Å². The first-order chi connectivity index (χ1) is 7.72. The van der Waals surface area contributed by atoms with E-state index in [1.807, 2.05) is 11.9 Å². The Morgan fingerprint density at radius 3 is 3.06 bits per heavy atom. The van der Waals surface area contributed by atoms with Gasteiger partial charge in [0.05, 0.1) is 12.2 Å². The molecule has 1 aliphatic heterocycles. The van der Waals surface area contributed by atoms with E-state index in [4.69, 9.17) is 4.42 Å². The summed E-state index contributed by atoms with van der Waals surface area (Å²) in [5, 5.41) is 13.4. The summed E-state index contributed by atoms with van der Waals surface area (Å²) in [7, 11) is 1.87. The zero-order valence-corrected chi connectivity index (χ0v) is 9.76. The van der Waals surface area contributed by atoms with E-state index in [9.17, 15) is 5.11 Å². The molecule has 90 valence electrons. The average Bonchev–Trinajstić information content (AvgIpc) is 2.75. The minimum Gasteiger partial charge on any atom is -0.432 e. The summed E-state index contributed by atoms with van der Waals surface area (Å²) in [6.45, 7) is 2.98. The third kappa shape index (κ3) is 2.20. The van der Waals surface area contributed by atoms with E-state index in [2.05, 4.69) is 17.2 Å². The number of oxazole rings is 1. The van der Waals surface area contributed by atoms with Crippen molar-refractivity contribution in [3.05, 3.63) is 12.5 Å². The highest BCUT2D eigenvalue weighted by molar-refractivity contribution is 5.27. The lowest BCUT2D eigenvalue weighted by Gasteiger charge is -2.29. The predicted molar refractivity (Wildman–Crippen MR) is 61.1 cm³/mol. The number of hydrogen-bond acceptors (Lipinski definition) is 5. The molecule has 16 heavy (non-hydrogen) atoms. The minimum absolute atomic E-state index is 0.0596. The number of nitrogens with one attached hydrogen (secondary N) is 1. The Bertz CT molecular complexity index is 315. The lowest BCUT2D eigenvalue weighted by atomic mass is 10.00. The normalized spacial score (nSPS) is 31.4. The van der Waals surface area contributed by atoms with Gasteiger partial charge in [0.25, 0.3) is 6.01 Å². The molecule has 2 heterocycles. The molecule has 1 fully saturated rings. The Hall–Kier alpha value is -1.07. The molecular formula is C11H19N3O2. The SMILES string of the molecule is CNC1CC(C)CCN(c2ncco2)C1O. The number of aliphatic hydroxyl groups is 1. The third-order valence-electron chi connectivity index (χ3n) is 3.23. The maximum atomic E-state index is 10.3. The van der Waals surface area contributed by atoms with Crippen molar-refractivity contribution in [3.63, 3.8) is 0 Å². The summed E-state index contributed by atoms with van der Waals surface area (Å²) in [4.78, 5) is 5.92. The van der Waals surface area contributed by atoms with Gasteiger partial charge in [0.15, 0.2) is 0 Å². The van der Waals surface area contributed by atoms with Crippen LogP contribution in [0.2, 0.25) is 0 Å². The van der Waals surface area contributed by atoms with Gasteiger partial charge in [-0.15, -0.1) is 0 Å². The molecule has 5 nitrogen and oxygen atoms in total. The lowest BCUT2D eigenvalue weighted by molar-refractivity contribution is 0.121. The fourth-order valence-corrected chi connectivity index (χ4v) is 2.22. The first-order valence-electron chi connectivity index (χ1n) is 5.74. The van der Waals surface area contributed by atoms with Gasteiger partial charge in [0.1, 0.15) is 12.5 Å². The van der Waals surface area contributed by atoms with Gasteiger partial charge in [-0.1, -0.05) is 6.92 Å². The predicted octanol–water partition coefficient (Wildman–Crippen LogP) is 0.817. The summed E-state index contributed by atoms with van der Waals surface area (Å²) >= 11 is 0. The van der Waals surface area contributed by atoms with Crippen molar-refractivity contribution in [1.29, 1.82) is 0 Å². The molecule has 0 bridgehead atoms. The van der Waals surface area contributed by atoms with E-state index < -0.39 is 6.23 Å². The maximum absolute atomic E-state index is 10.3. The van der Waals surface area contributed by atoms with Crippen LogP contribution in [0.5, 0.6) is 0 Å². The van der Waals surface area contributed by atoms with Crippen LogP contribution in [0.3, 0.4) is 0 Å². The van der Waals surface area contributed by atoms with Crippen molar-refractivity contribution in [1.82, 2.24) is 10.3 Å².